The third kappa shape index (κ3) is 3.85. The normalized spacial score (nSPS) is 12.0. The highest BCUT2D eigenvalue weighted by Gasteiger charge is 2.18. The Labute approximate surface area is 130 Å². The number of hydrogen-bond acceptors (Lipinski definition) is 2. The number of benzene rings is 2. The maximum Gasteiger partial charge on any atom is 0.163 e. The highest BCUT2D eigenvalue weighted by atomic mass is 35.5. The van der Waals surface area contributed by atoms with E-state index in [0.29, 0.717) is 17.0 Å². The zero-order valence-electron chi connectivity index (χ0n) is 12.3. The van der Waals surface area contributed by atoms with E-state index in [0.717, 1.165) is 17.7 Å². The number of Topliss-reactive ketones (excluding diaryl/α,β-unsaturated/α-hetero) is 1. The van der Waals surface area contributed by atoms with Crippen molar-refractivity contribution < 1.29 is 9.53 Å². The molecule has 0 amide bonds. The number of methoxy groups -OCH3 is 1. The second-order valence-electron chi connectivity index (χ2n) is 4.98. The van der Waals surface area contributed by atoms with Gasteiger partial charge in [0.05, 0.1) is 7.11 Å². The molecule has 0 aromatic heterocycles. The molecule has 0 aliphatic rings. The van der Waals surface area contributed by atoms with Crippen molar-refractivity contribution in [1.29, 1.82) is 0 Å². The molecular weight excluding hydrogens is 284 g/mol. The van der Waals surface area contributed by atoms with Crippen LogP contribution >= 0.6 is 11.6 Å². The van der Waals surface area contributed by atoms with Crippen molar-refractivity contribution in [1.82, 2.24) is 0 Å². The fraction of sp³-hybridized carbons (Fsp3) is 0.278. The van der Waals surface area contributed by atoms with Crippen LogP contribution in [0.15, 0.2) is 48.5 Å². The minimum atomic E-state index is 0.129. The van der Waals surface area contributed by atoms with Crippen molar-refractivity contribution in [2.75, 3.05) is 7.11 Å². The molecule has 110 valence electrons. The Bertz CT molecular complexity index is 605. The zero-order valence-corrected chi connectivity index (χ0v) is 13.1. The van der Waals surface area contributed by atoms with Crippen LogP contribution in [-0.2, 0) is 0 Å². The largest absolute Gasteiger partial charge is 0.496 e. The highest BCUT2D eigenvalue weighted by Crippen LogP contribution is 2.32. The number of ketones is 1. The quantitative estimate of drug-likeness (QED) is 0.693. The molecule has 1 atom stereocenters. The van der Waals surface area contributed by atoms with Crippen molar-refractivity contribution in [2.24, 2.45) is 0 Å². The van der Waals surface area contributed by atoms with E-state index in [4.69, 9.17) is 16.3 Å². The second kappa shape index (κ2) is 7.28. The standard InChI is InChI=1S/C18H19ClO2/c1-3-13(16-6-4-5-7-18(16)21-2)12-17(20)14-8-10-15(19)11-9-14/h4-11,13H,3,12H2,1-2H3/t13-/m1/s1. The van der Waals surface area contributed by atoms with Crippen LogP contribution in [-0.4, -0.2) is 12.9 Å². The molecule has 3 heteroatoms. The first kappa shape index (κ1) is 15.6. The van der Waals surface area contributed by atoms with Gasteiger partial charge in [0.25, 0.3) is 0 Å². The van der Waals surface area contributed by atoms with Gasteiger partial charge in [0, 0.05) is 17.0 Å². The molecule has 0 fully saturated rings. The molecule has 0 spiro atoms. The average Bonchev–Trinajstić information content (AvgIpc) is 2.53. The maximum atomic E-state index is 12.4. The predicted octanol–water partition coefficient (Wildman–Crippen LogP) is 5.12. The summed E-state index contributed by atoms with van der Waals surface area (Å²) < 4.78 is 5.40. The van der Waals surface area contributed by atoms with E-state index >= 15 is 0 Å². The first-order valence-electron chi connectivity index (χ1n) is 7.07. The summed E-state index contributed by atoms with van der Waals surface area (Å²) >= 11 is 5.86. The highest BCUT2D eigenvalue weighted by molar-refractivity contribution is 6.30. The van der Waals surface area contributed by atoms with Gasteiger partial charge in [-0.15, -0.1) is 0 Å². The first-order valence-corrected chi connectivity index (χ1v) is 7.45. The lowest BCUT2D eigenvalue weighted by Crippen LogP contribution is -2.08. The lowest BCUT2D eigenvalue weighted by molar-refractivity contribution is 0.0972. The van der Waals surface area contributed by atoms with E-state index in [1.165, 1.54) is 0 Å². The van der Waals surface area contributed by atoms with Gasteiger partial charge in [-0.05, 0) is 48.2 Å². The Morgan fingerprint density at radius 2 is 1.81 bits per heavy atom. The van der Waals surface area contributed by atoms with Crippen LogP contribution in [0.3, 0.4) is 0 Å². The van der Waals surface area contributed by atoms with Gasteiger partial charge in [-0.2, -0.15) is 0 Å². The van der Waals surface area contributed by atoms with Crippen LogP contribution in [0.4, 0.5) is 0 Å². The Morgan fingerprint density at radius 3 is 2.43 bits per heavy atom. The van der Waals surface area contributed by atoms with Crippen LogP contribution in [0.1, 0.15) is 41.6 Å². The smallest absolute Gasteiger partial charge is 0.163 e. The molecule has 0 bridgehead atoms. The molecule has 0 aliphatic heterocycles. The van der Waals surface area contributed by atoms with Gasteiger partial charge >= 0.3 is 0 Å². The van der Waals surface area contributed by atoms with E-state index in [1.807, 2.05) is 24.3 Å². The molecule has 2 nitrogen and oxygen atoms in total. The molecule has 2 aromatic carbocycles. The molecule has 0 radical (unpaired) electrons. The Kier molecular flexibility index (Phi) is 5.40. The molecule has 0 saturated heterocycles. The Morgan fingerprint density at radius 1 is 1.14 bits per heavy atom. The number of rotatable bonds is 6. The zero-order chi connectivity index (χ0) is 15.2. The summed E-state index contributed by atoms with van der Waals surface area (Å²) in [6.45, 7) is 2.09. The molecule has 0 unspecified atom stereocenters. The van der Waals surface area contributed by atoms with Crippen molar-refractivity contribution >= 4 is 17.4 Å². The number of carbonyl (C=O) groups is 1. The monoisotopic (exact) mass is 302 g/mol. The van der Waals surface area contributed by atoms with E-state index < -0.39 is 0 Å². The van der Waals surface area contributed by atoms with Crippen LogP contribution in [0.25, 0.3) is 0 Å². The summed E-state index contributed by atoms with van der Waals surface area (Å²) in [6.07, 6.45) is 1.36. The lowest BCUT2D eigenvalue weighted by atomic mass is 9.89. The van der Waals surface area contributed by atoms with Crippen molar-refractivity contribution in [3.63, 3.8) is 0 Å². The minimum Gasteiger partial charge on any atom is -0.496 e. The number of ether oxygens (including phenoxy) is 1. The predicted molar refractivity (Wildman–Crippen MR) is 86.4 cm³/mol. The van der Waals surface area contributed by atoms with Gasteiger partial charge < -0.3 is 4.74 Å². The van der Waals surface area contributed by atoms with Gasteiger partial charge in [-0.1, -0.05) is 36.7 Å². The number of para-hydroxylation sites is 1. The molecule has 0 aliphatic carbocycles. The second-order valence-corrected chi connectivity index (χ2v) is 5.42. The van der Waals surface area contributed by atoms with Gasteiger partial charge in [0.15, 0.2) is 5.78 Å². The molecule has 0 saturated carbocycles. The van der Waals surface area contributed by atoms with Gasteiger partial charge in [0.2, 0.25) is 0 Å². The maximum absolute atomic E-state index is 12.4. The third-order valence-electron chi connectivity index (χ3n) is 3.67. The summed E-state index contributed by atoms with van der Waals surface area (Å²) in [6, 6.07) is 14.9. The van der Waals surface area contributed by atoms with Crippen LogP contribution in [0, 0.1) is 0 Å². The minimum absolute atomic E-state index is 0.129. The van der Waals surface area contributed by atoms with Crippen molar-refractivity contribution in [3.8, 4) is 5.75 Å². The van der Waals surface area contributed by atoms with Gasteiger partial charge in [-0.25, -0.2) is 0 Å². The molecule has 2 rings (SSSR count). The van der Waals surface area contributed by atoms with Gasteiger partial charge in [0.1, 0.15) is 5.75 Å². The van der Waals surface area contributed by atoms with Gasteiger partial charge in [-0.3, -0.25) is 4.79 Å². The van der Waals surface area contributed by atoms with Crippen molar-refractivity contribution in [3.05, 3.63) is 64.7 Å². The summed E-state index contributed by atoms with van der Waals surface area (Å²) in [4.78, 5) is 12.4. The summed E-state index contributed by atoms with van der Waals surface area (Å²) in [5.41, 5.74) is 1.79. The molecular formula is C18H19ClO2. The SMILES string of the molecule is CC[C@H](CC(=O)c1ccc(Cl)cc1)c1ccccc1OC. The lowest BCUT2D eigenvalue weighted by Gasteiger charge is -2.17. The van der Waals surface area contributed by atoms with E-state index in [2.05, 4.69) is 6.92 Å². The van der Waals surface area contributed by atoms with Crippen LogP contribution < -0.4 is 4.74 Å². The topological polar surface area (TPSA) is 26.3 Å². The van der Waals surface area contributed by atoms with E-state index in [9.17, 15) is 4.79 Å². The van der Waals surface area contributed by atoms with Crippen LogP contribution in [0.5, 0.6) is 5.75 Å². The number of halogens is 1. The van der Waals surface area contributed by atoms with E-state index in [-0.39, 0.29) is 11.7 Å². The molecule has 21 heavy (non-hydrogen) atoms. The Balaban J connectivity index is 2.19. The molecule has 2 aromatic rings. The summed E-state index contributed by atoms with van der Waals surface area (Å²) in [5, 5.41) is 0.642. The summed E-state index contributed by atoms with van der Waals surface area (Å²) in [7, 11) is 1.66. The fourth-order valence-corrected chi connectivity index (χ4v) is 2.58. The summed E-state index contributed by atoms with van der Waals surface area (Å²) in [5.74, 6) is 1.13. The Hall–Kier alpha value is -1.80. The number of hydrogen-bond donors (Lipinski definition) is 0. The fourth-order valence-electron chi connectivity index (χ4n) is 2.46. The molecule has 0 N–H and O–H groups in total. The average molecular weight is 303 g/mol. The van der Waals surface area contributed by atoms with Crippen molar-refractivity contribution in [2.45, 2.75) is 25.7 Å². The number of carbonyl (C=O) groups excluding carboxylic acids is 1. The first-order chi connectivity index (χ1) is 10.2. The third-order valence-corrected chi connectivity index (χ3v) is 3.92. The van der Waals surface area contributed by atoms with E-state index in [1.54, 1.807) is 31.4 Å². The van der Waals surface area contributed by atoms with Crippen LogP contribution in [0.2, 0.25) is 5.02 Å². The molecule has 0 heterocycles.